The lowest BCUT2D eigenvalue weighted by molar-refractivity contribution is 0.275. The Morgan fingerprint density at radius 2 is 1.77 bits per heavy atom. The van der Waals surface area contributed by atoms with Crippen LogP contribution in [-0.2, 0) is 6.54 Å². The van der Waals surface area contributed by atoms with Crippen molar-refractivity contribution in [1.29, 1.82) is 0 Å². The van der Waals surface area contributed by atoms with E-state index in [0.29, 0.717) is 11.6 Å². The third kappa shape index (κ3) is 3.30. The molecule has 0 amide bonds. The lowest BCUT2D eigenvalue weighted by atomic mass is 10.2. The lowest BCUT2D eigenvalue weighted by Gasteiger charge is -2.07. The van der Waals surface area contributed by atoms with E-state index in [-0.39, 0.29) is 6.61 Å². The molecule has 3 nitrogen and oxygen atoms in total. The van der Waals surface area contributed by atoms with E-state index in [4.69, 9.17) is 11.6 Å². The Hall–Kier alpha value is -1.88. The summed E-state index contributed by atoms with van der Waals surface area (Å²) in [4.78, 5) is 5.53. The summed E-state index contributed by atoms with van der Waals surface area (Å²) in [5.74, 6) is 0. The van der Waals surface area contributed by atoms with Crippen molar-refractivity contribution in [2.45, 2.75) is 6.54 Å². The van der Waals surface area contributed by atoms with Crippen molar-refractivity contribution in [3.8, 4) is 11.3 Å². The van der Waals surface area contributed by atoms with Crippen LogP contribution in [0.25, 0.3) is 11.3 Å². The topological polar surface area (TPSA) is 37.5 Å². The van der Waals surface area contributed by atoms with E-state index in [0.717, 1.165) is 21.7 Å². The van der Waals surface area contributed by atoms with Crippen molar-refractivity contribution in [3.05, 3.63) is 69.8 Å². The van der Waals surface area contributed by atoms with E-state index in [2.05, 4.69) is 10.4 Å². The zero-order valence-electron chi connectivity index (χ0n) is 11.8. The number of aliphatic hydroxyl groups excluding tert-OH is 1. The first-order valence-corrected chi connectivity index (χ1v) is 8.18. The fourth-order valence-electron chi connectivity index (χ4n) is 2.20. The van der Waals surface area contributed by atoms with Gasteiger partial charge in [-0.05, 0) is 29.8 Å². The molecule has 0 unspecified atom stereocenters. The predicted octanol–water partition coefficient (Wildman–Crippen LogP) is 4.09. The van der Waals surface area contributed by atoms with Gasteiger partial charge in [0, 0.05) is 16.9 Å². The summed E-state index contributed by atoms with van der Waals surface area (Å²) in [5, 5.41) is 12.1. The van der Waals surface area contributed by atoms with Crippen molar-refractivity contribution in [2.24, 2.45) is 4.99 Å². The van der Waals surface area contributed by atoms with Crippen LogP contribution in [0.4, 0.5) is 5.69 Å². The third-order valence-corrected chi connectivity index (χ3v) is 4.36. The van der Waals surface area contributed by atoms with Crippen molar-refractivity contribution < 1.29 is 5.11 Å². The Bertz CT molecular complexity index is 807. The zero-order valence-corrected chi connectivity index (χ0v) is 13.4. The largest absolute Gasteiger partial charge is 0.395 e. The number of aliphatic hydroxyl groups is 1. The first kappa shape index (κ1) is 15.0. The molecule has 1 N–H and O–H groups in total. The summed E-state index contributed by atoms with van der Waals surface area (Å²) < 4.78 is 2.03. The van der Waals surface area contributed by atoms with Crippen molar-refractivity contribution in [2.75, 3.05) is 6.61 Å². The molecule has 2 aromatic carbocycles. The molecular weight excluding hydrogens is 316 g/mol. The average molecular weight is 331 g/mol. The quantitative estimate of drug-likeness (QED) is 0.768. The molecule has 0 aliphatic carbocycles. The molecule has 22 heavy (non-hydrogen) atoms. The van der Waals surface area contributed by atoms with Gasteiger partial charge in [0.25, 0.3) is 0 Å². The number of hydrogen-bond acceptors (Lipinski definition) is 3. The minimum Gasteiger partial charge on any atom is -0.395 e. The summed E-state index contributed by atoms with van der Waals surface area (Å²) in [7, 11) is 0. The maximum absolute atomic E-state index is 9.37. The monoisotopic (exact) mass is 330 g/mol. The van der Waals surface area contributed by atoms with Crippen LogP contribution < -0.4 is 4.80 Å². The number of benzene rings is 2. The van der Waals surface area contributed by atoms with Gasteiger partial charge in [-0.15, -0.1) is 11.3 Å². The molecule has 5 heteroatoms. The second-order valence-electron chi connectivity index (χ2n) is 4.73. The van der Waals surface area contributed by atoms with E-state index in [1.807, 2.05) is 59.2 Å². The fourth-order valence-corrected chi connectivity index (χ4v) is 3.28. The number of nitrogens with zero attached hydrogens (tertiary/aromatic N) is 2. The first-order valence-electron chi connectivity index (χ1n) is 6.93. The normalized spacial score (nSPS) is 11.8. The van der Waals surface area contributed by atoms with Crippen LogP contribution in [0.3, 0.4) is 0 Å². The highest BCUT2D eigenvalue weighted by Crippen LogP contribution is 2.22. The van der Waals surface area contributed by atoms with Crippen LogP contribution >= 0.6 is 22.9 Å². The van der Waals surface area contributed by atoms with Crippen LogP contribution in [0.1, 0.15) is 0 Å². The van der Waals surface area contributed by atoms with Gasteiger partial charge < -0.3 is 9.67 Å². The molecule has 0 fully saturated rings. The van der Waals surface area contributed by atoms with Gasteiger partial charge >= 0.3 is 0 Å². The van der Waals surface area contributed by atoms with Gasteiger partial charge in [0.1, 0.15) is 0 Å². The third-order valence-electron chi connectivity index (χ3n) is 3.24. The van der Waals surface area contributed by atoms with Gasteiger partial charge in [-0.3, -0.25) is 0 Å². The van der Waals surface area contributed by atoms with Gasteiger partial charge in [-0.2, -0.15) is 0 Å². The van der Waals surface area contributed by atoms with Gasteiger partial charge in [0.05, 0.1) is 18.0 Å². The van der Waals surface area contributed by atoms with E-state index >= 15 is 0 Å². The minimum atomic E-state index is 0.0687. The molecule has 0 radical (unpaired) electrons. The lowest BCUT2D eigenvalue weighted by Crippen LogP contribution is -2.17. The summed E-state index contributed by atoms with van der Waals surface area (Å²) in [5.41, 5.74) is 2.99. The maximum atomic E-state index is 9.37. The zero-order chi connectivity index (χ0) is 15.4. The van der Waals surface area contributed by atoms with Gasteiger partial charge in [-0.25, -0.2) is 4.99 Å². The molecule has 112 valence electrons. The fraction of sp³-hybridized carbons (Fsp3) is 0.118. The Kier molecular flexibility index (Phi) is 4.73. The summed E-state index contributed by atoms with van der Waals surface area (Å²) in [6.07, 6.45) is 0. The molecule has 0 aliphatic rings. The van der Waals surface area contributed by atoms with Gasteiger partial charge in [-0.1, -0.05) is 41.9 Å². The summed E-state index contributed by atoms with van der Waals surface area (Å²) >= 11 is 7.51. The Morgan fingerprint density at radius 1 is 1.05 bits per heavy atom. The number of thiazole rings is 1. The minimum absolute atomic E-state index is 0.0687. The SMILES string of the molecule is OCCn1c(-c2ccc(Cl)cc2)csc1=Nc1ccccc1. The molecule has 0 spiro atoms. The Morgan fingerprint density at radius 3 is 2.45 bits per heavy atom. The molecule has 0 bridgehead atoms. The molecule has 1 heterocycles. The van der Waals surface area contributed by atoms with E-state index in [1.54, 1.807) is 11.3 Å². The van der Waals surface area contributed by atoms with Crippen molar-refractivity contribution in [3.63, 3.8) is 0 Å². The van der Waals surface area contributed by atoms with Crippen LogP contribution in [0.2, 0.25) is 5.02 Å². The molecule has 3 rings (SSSR count). The standard InChI is InChI=1S/C17H15ClN2OS/c18-14-8-6-13(7-9-14)16-12-22-17(20(16)10-11-21)19-15-4-2-1-3-5-15/h1-9,12,21H,10-11H2. The van der Waals surface area contributed by atoms with Crippen LogP contribution in [0.15, 0.2) is 65.0 Å². The second-order valence-corrected chi connectivity index (χ2v) is 6.01. The summed E-state index contributed by atoms with van der Waals surface area (Å²) in [6, 6.07) is 17.5. The molecule has 0 saturated heterocycles. The number of para-hydroxylation sites is 1. The van der Waals surface area contributed by atoms with Crippen molar-refractivity contribution >= 4 is 28.6 Å². The Labute approximate surface area is 137 Å². The molecule has 3 aromatic rings. The highest BCUT2D eigenvalue weighted by atomic mass is 35.5. The first-order chi connectivity index (χ1) is 10.8. The number of hydrogen-bond donors (Lipinski definition) is 1. The molecule has 0 atom stereocenters. The van der Waals surface area contributed by atoms with Crippen LogP contribution in [-0.4, -0.2) is 16.3 Å². The Balaban J connectivity index is 2.09. The van der Waals surface area contributed by atoms with Gasteiger partial charge in [0.2, 0.25) is 0 Å². The molecule has 1 aromatic heterocycles. The number of rotatable bonds is 4. The summed E-state index contributed by atoms with van der Waals surface area (Å²) in [6.45, 7) is 0.576. The second kappa shape index (κ2) is 6.92. The maximum Gasteiger partial charge on any atom is 0.190 e. The van der Waals surface area contributed by atoms with E-state index < -0.39 is 0 Å². The number of aromatic nitrogens is 1. The van der Waals surface area contributed by atoms with Crippen molar-refractivity contribution in [1.82, 2.24) is 4.57 Å². The predicted molar refractivity (Wildman–Crippen MR) is 91.5 cm³/mol. The molecular formula is C17H15ClN2OS. The molecule has 0 saturated carbocycles. The highest BCUT2D eigenvalue weighted by molar-refractivity contribution is 7.07. The van der Waals surface area contributed by atoms with E-state index in [1.165, 1.54) is 0 Å². The van der Waals surface area contributed by atoms with Crippen LogP contribution in [0, 0.1) is 0 Å². The highest BCUT2D eigenvalue weighted by Gasteiger charge is 2.07. The average Bonchev–Trinajstić information content (AvgIpc) is 2.92. The molecule has 0 aliphatic heterocycles. The smallest absolute Gasteiger partial charge is 0.190 e. The number of halogens is 1. The van der Waals surface area contributed by atoms with Crippen LogP contribution in [0.5, 0.6) is 0 Å². The van der Waals surface area contributed by atoms with Gasteiger partial charge in [0.15, 0.2) is 4.80 Å². The van der Waals surface area contributed by atoms with E-state index in [9.17, 15) is 5.11 Å².